The third kappa shape index (κ3) is 8.11. The lowest BCUT2D eigenvalue weighted by molar-refractivity contribution is 0.0436. The van der Waals surface area contributed by atoms with Crippen LogP contribution < -0.4 is 0 Å². The maximum absolute atomic E-state index is 6.89. The topological polar surface area (TPSA) is 81.2 Å². The third-order valence-electron chi connectivity index (χ3n) is 10.6. The number of aromatic nitrogens is 2. The zero-order valence-electron chi connectivity index (χ0n) is 35.1. The normalized spacial score (nSPS) is 22.9. The number of hydrogen-bond acceptors (Lipinski definition) is 14. The number of fused-ring (bicyclic) bond motifs is 2. The predicted octanol–water partition coefficient (Wildman–Crippen LogP) is 12.9. The van der Waals surface area contributed by atoms with E-state index < -0.39 is 27.7 Å². The van der Waals surface area contributed by atoms with Gasteiger partial charge in [-0.3, -0.25) is 0 Å². The monoisotopic (exact) mass is 932 g/mol. The highest BCUT2D eigenvalue weighted by Crippen LogP contribution is 2.65. The fraction of sp³-hybridized carbons (Fsp3) is 0.476. The summed E-state index contributed by atoms with van der Waals surface area (Å²) in [4.78, 5) is 13.1. The molecule has 0 amide bonds. The number of allylic oxidation sites excluding steroid dienone is 8. The van der Waals surface area contributed by atoms with Gasteiger partial charge in [0, 0.05) is 49.5 Å². The number of nitrogens with zero attached hydrogens (tertiary/aromatic N) is 2. The Morgan fingerprint density at radius 1 is 0.552 bits per heavy atom. The van der Waals surface area contributed by atoms with Gasteiger partial charge >= 0.3 is 17.6 Å². The molecule has 0 N–H and O–H groups in total. The van der Waals surface area contributed by atoms with Crippen LogP contribution in [0.15, 0.2) is 93.8 Å². The van der Waals surface area contributed by atoms with E-state index in [1.807, 2.05) is 53.7 Å². The van der Waals surface area contributed by atoms with Gasteiger partial charge in [-0.2, -0.15) is 0 Å². The summed E-state index contributed by atoms with van der Waals surface area (Å²) in [5, 5.41) is 0.383. The molecule has 0 spiro atoms. The van der Waals surface area contributed by atoms with E-state index in [0.29, 0.717) is 39.6 Å². The highest BCUT2D eigenvalue weighted by atomic mass is 33.7. The SMILES string of the molecule is CCO[Si](OCC)(OCC)C1(c2nc3ccccc3s2)C(SSSSC2=C(C)C=CC(C)C2(c2nc3ccccc3s2)[Si](OCC)(OCC)OCC)=C(C)C=CC1C. The van der Waals surface area contributed by atoms with Gasteiger partial charge in [-0.25, -0.2) is 9.97 Å². The molecule has 16 heteroatoms. The van der Waals surface area contributed by atoms with Gasteiger partial charge in [0.15, 0.2) is 0 Å². The Hall–Kier alpha value is -1.23. The Balaban J connectivity index is 1.46. The molecule has 8 nitrogen and oxygen atoms in total. The molecule has 6 rings (SSSR count). The number of hydrogen-bond donors (Lipinski definition) is 0. The molecule has 2 aliphatic rings. The number of benzene rings is 2. The van der Waals surface area contributed by atoms with Gasteiger partial charge in [-0.05, 0) is 144 Å². The molecule has 314 valence electrons. The van der Waals surface area contributed by atoms with Crippen LogP contribution in [0.2, 0.25) is 0 Å². The van der Waals surface area contributed by atoms with Crippen LogP contribution in [-0.2, 0) is 36.6 Å². The fourth-order valence-electron chi connectivity index (χ4n) is 8.25. The third-order valence-corrected chi connectivity index (χ3v) is 28.1. The van der Waals surface area contributed by atoms with Crippen molar-refractivity contribution in [1.82, 2.24) is 9.97 Å². The van der Waals surface area contributed by atoms with Crippen LogP contribution in [0.25, 0.3) is 20.4 Å². The van der Waals surface area contributed by atoms with Crippen molar-refractivity contribution in [3.8, 4) is 0 Å². The minimum Gasteiger partial charge on any atom is -0.373 e. The Kier molecular flexibility index (Phi) is 16.2. The molecular formula is C42H56N2O6S6Si2. The molecule has 4 unspecified atom stereocenters. The average Bonchev–Trinajstić information content (AvgIpc) is 3.85. The smallest absolute Gasteiger partial charge is 0.373 e. The summed E-state index contributed by atoms with van der Waals surface area (Å²) in [5.74, 6) is -0.0463. The van der Waals surface area contributed by atoms with Gasteiger partial charge < -0.3 is 26.6 Å². The maximum Gasteiger partial charge on any atom is 0.520 e. The van der Waals surface area contributed by atoms with Crippen molar-refractivity contribution >= 4 is 102 Å². The largest absolute Gasteiger partial charge is 0.520 e. The molecule has 0 fully saturated rings. The van der Waals surface area contributed by atoms with E-state index in [4.69, 9.17) is 36.5 Å². The summed E-state index contributed by atoms with van der Waals surface area (Å²) in [6.07, 6.45) is 9.05. The lowest BCUT2D eigenvalue weighted by Crippen LogP contribution is -2.66. The summed E-state index contributed by atoms with van der Waals surface area (Å²) in [5.41, 5.74) is 4.24. The van der Waals surface area contributed by atoms with Crippen molar-refractivity contribution < 1.29 is 26.6 Å². The first-order valence-corrected chi connectivity index (χ1v) is 30.0. The second kappa shape index (κ2) is 20.3. The van der Waals surface area contributed by atoms with E-state index in [9.17, 15) is 0 Å². The van der Waals surface area contributed by atoms with Crippen LogP contribution in [0.1, 0.15) is 79.3 Å². The number of para-hydroxylation sites is 2. The van der Waals surface area contributed by atoms with Gasteiger partial charge in [-0.15, -0.1) is 22.7 Å². The number of thiazole rings is 2. The van der Waals surface area contributed by atoms with Crippen molar-refractivity contribution in [2.45, 2.75) is 79.3 Å². The molecule has 58 heavy (non-hydrogen) atoms. The molecule has 4 atom stereocenters. The zero-order valence-corrected chi connectivity index (χ0v) is 42.0. The molecule has 2 aliphatic carbocycles. The van der Waals surface area contributed by atoms with Crippen molar-refractivity contribution in [2.75, 3.05) is 39.6 Å². The Morgan fingerprint density at radius 3 is 1.19 bits per heavy atom. The molecule has 2 aromatic carbocycles. The lowest BCUT2D eigenvalue weighted by Gasteiger charge is -2.49. The highest BCUT2D eigenvalue weighted by molar-refractivity contribution is 9.26. The molecule has 0 aliphatic heterocycles. The maximum atomic E-state index is 6.89. The van der Waals surface area contributed by atoms with E-state index in [1.54, 1.807) is 63.9 Å². The standard InChI is InChI=1S/C42H56N2O6S6Si2/c1-11-45-57(46-12-2,47-13-3)41(39-43-33-21-17-19-23-35(33)51-39)31(9)27-25-29(7)37(41)53-55-56-54-38-30(8)26-28-32(10)42(38,58(48-14-4,49-15-5)50-16-6)40-44-34-22-18-20-24-36(34)52-40/h17-28,31-32H,11-16H2,1-10H3. The molecule has 2 heterocycles. The summed E-state index contributed by atoms with van der Waals surface area (Å²) >= 11 is 3.44. The summed E-state index contributed by atoms with van der Waals surface area (Å²) < 4.78 is 43.6. The van der Waals surface area contributed by atoms with Gasteiger partial charge in [0.25, 0.3) is 0 Å². The highest BCUT2D eigenvalue weighted by Gasteiger charge is 2.70. The quantitative estimate of drug-likeness (QED) is 0.0453. The van der Waals surface area contributed by atoms with E-state index in [1.165, 1.54) is 0 Å². The minimum atomic E-state index is -3.55. The van der Waals surface area contributed by atoms with Crippen molar-refractivity contribution in [3.63, 3.8) is 0 Å². The summed E-state index contributed by atoms with van der Waals surface area (Å²) in [6, 6.07) is 16.7. The van der Waals surface area contributed by atoms with E-state index in [0.717, 1.165) is 51.4 Å². The molecular weight excluding hydrogens is 877 g/mol. The van der Waals surface area contributed by atoms with Crippen LogP contribution in [0.3, 0.4) is 0 Å². The first kappa shape index (κ1) is 46.3. The van der Waals surface area contributed by atoms with Crippen LogP contribution in [0.4, 0.5) is 0 Å². The van der Waals surface area contributed by atoms with Crippen LogP contribution in [0, 0.1) is 11.8 Å². The first-order chi connectivity index (χ1) is 28.1. The van der Waals surface area contributed by atoms with Crippen LogP contribution in [0.5, 0.6) is 0 Å². The molecule has 2 aromatic heterocycles. The lowest BCUT2D eigenvalue weighted by atomic mass is 9.86. The Morgan fingerprint density at radius 2 is 0.879 bits per heavy atom. The Labute approximate surface area is 370 Å². The second-order valence-corrected chi connectivity index (χ2v) is 27.2. The van der Waals surface area contributed by atoms with Gasteiger partial charge in [0.1, 0.15) is 20.1 Å². The predicted molar refractivity (Wildman–Crippen MR) is 256 cm³/mol. The molecule has 0 saturated heterocycles. The van der Waals surface area contributed by atoms with E-state index in [2.05, 4.69) is 88.4 Å². The van der Waals surface area contributed by atoms with Crippen molar-refractivity contribution in [3.05, 3.63) is 104 Å². The van der Waals surface area contributed by atoms with Gasteiger partial charge in [0.2, 0.25) is 0 Å². The van der Waals surface area contributed by atoms with Crippen LogP contribution in [-0.4, -0.2) is 67.2 Å². The minimum absolute atomic E-state index is 0.0232. The molecule has 0 radical (unpaired) electrons. The molecule has 0 saturated carbocycles. The van der Waals surface area contributed by atoms with Gasteiger partial charge in [-0.1, -0.05) is 62.4 Å². The zero-order chi connectivity index (χ0) is 41.6. The molecule has 4 aromatic rings. The fourth-order valence-corrected chi connectivity index (χ4v) is 27.1. The first-order valence-electron chi connectivity index (χ1n) is 20.1. The van der Waals surface area contributed by atoms with Crippen LogP contribution >= 0.6 is 63.9 Å². The summed E-state index contributed by atoms with van der Waals surface area (Å²) in [6.45, 7) is 23.9. The van der Waals surface area contributed by atoms with Gasteiger partial charge in [0.05, 0.1) is 20.4 Å². The average molecular weight is 933 g/mol. The summed E-state index contributed by atoms with van der Waals surface area (Å²) in [7, 11) is -0.0729. The number of rotatable bonds is 21. The van der Waals surface area contributed by atoms with Crippen molar-refractivity contribution in [1.29, 1.82) is 0 Å². The molecule has 0 bridgehead atoms. The van der Waals surface area contributed by atoms with E-state index >= 15 is 0 Å². The Bertz CT molecular complexity index is 1910. The van der Waals surface area contributed by atoms with Crippen molar-refractivity contribution in [2.24, 2.45) is 11.8 Å². The second-order valence-electron chi connectivity index (χ2n) is 13.9. The van der Waals surface area contributed by atoms with E-state index in [-0.39, 0.29) is 11.8 Å².